The molecule has 0 saturated carbocycles. The molecule has 3 aromatic rings. The van der Waals surface area contributed by atoms with E-state index < -0.39 is 39.0 Å². The summed E-state index contributed by atoms with van der Waals surface area (Å²) in [5.41, 5.74) is 0.121. The van der Waals surface area contributed by atoms with Gasteiger partial charge in [-0.15, -0.1) is 0 Å². The second kappa shape index (κ2) is 10.1. The largest absolute Gasteiger partial charge is 0.438 e. The number of alkyl halides is 3. The quantitative estimate of drug-likeness (QED) is 0.302. The number of rotatable bonds is 7. The number of anilines is 1. The van der Waals surface area contributed by atoms with Gasteiger partial charge in [-0.1, -0.05) is 47.8 Å². The molecule has 0 aromatic heterocycles. The van der Waals surface area contributed by atoms with Crippen molar-refractivity contribution in [2.75, 3.05) is 10.9 Å². The highest BCUT2D eigenvalue weighted by Crippen LogP contribution is 2.49. The maximum absolute atomic E-state index is 13.8. The maximum atomic E-state index is 13.8. The first kappa shape index (κ1) is 27.4. The molecule has 0 radical (unpaired) electrons. The van der Waals surface area contributed by atoms with Gasteiger partial charge in [0, 0.05) is 11.2 Å². The lowest BCUT2D eigenvalue weighted by Gasteiger charge is -2.23. The van der Waals surface area contributed by atoms with Crippen LogP contribution < -0.4 is 14.6 Å². The van der Waals surface area contributed by atoms with E-state index in [1.165, 1.54) is 18.2 Å². The lowest BCUT2D eigenvalue weighted by Crippen LogP contribution is -2.18. The Morgan fingerprint density at radius 1 is 1.00 bits per heavy atom. The van der Waals surface area contributed by atoms with Crippen molar-refractivity contribution in [1.29, 1.82) is 0 Å². The van der Waals surface area contributed by atoms with Gasteiger partial charge in [0.05, 0.1) is 26.5 Å². The molecule has 188 valence electrons. The molecule has 3 aromatic carbocycles. The summed E-state index contributed by atoms with van der Waals surface area (Å²) in [6.45, 7) is 5.30. The van der Waals surface area contributed by atoms with Crippen molar-refractivity contribution in [3.63, 3.8) is 0 Å². The number of sulfonamides is 1. The van der Waals surface area contributed by atoms with Gasteiger partial charge in [0.1, 0.15) is 0 Å². The molecule has 0 bridgehead atoms. The van der Waals surface area contributed by atoms with E-state index in [0.29, 0.717) is 11.4 Å². The van der Waals surface area contributed by atoms with Gasteiger partial charge in [-0.2, -0.15) is 13.2 Å². The standard InChI is InChI=1S/C23H21Cl2F3NO4PS/c1-4-34(30,22-11-14(2)5-6-15(22)3)33-21-10-7-16(24)12-20(21)29-35(31,32)17-8-9-19(25)18(13-17)23(26,27)28/h5-13,29H,4H2,1-3H3. The predicted octanol–water partition coefficient (Wildman–Crippen LogP) is 7.43. The highest BCUT2D eigenvalue weighted by atomic mass is 35.5. The molecular formula is C23H21Cl2F3NO4PS. The van der Waals surface area contributed by atoms with Gasteiger partial charge in [-0.05, 0) is 61.9 Å². The molecule has 0 aliphatic carbocycles. The Kier molecular flexibility index (Phi) is 7.87. The van der Waals surface area contributed by atoms with Crippen LogP contribution in [0.5, 0.6) is 5.75 Å². The first-order valence-electron chi connectivity index (χ1n) is 10.2. The summed E-state index contributed by atoms with van der Waals surface area (Å²) in [4.78, 5) is -0.673. The first-order valence-corrected chi connectivity index (χ1v) is 14.3. The van der Waals surface area contributed by atoms with Crippen molar-refractivity contribution in [1.82, 2.24) is 0 Å². The Balaban J connectivity index is 2.05. The van der Waals surface area contributed by atoms with Gasteiger partial charge in [0.2, 0.25) is 0 Å². The van der Waals surface area contributed by atoms with Crippen molar-refractivity contribution >= 4 is 51.6 Å². The average Bonchev–Trinajstić information content (AvgIpc) is 2.76. The third-order valence-electron chi connectivity index (χ3n) is 5.13. The minimum Gasteiger partial charge on any atom is -0.438 e. The van der Waals surface area contributed by atoms with E-state index in [0.717, 1.165) is 23.3 Å². The van der Waals surface area contributed by atoms with Gasteiger partial charge in [0.15, 0.2) is 5.75 Å². The molecule has 0 amide bonds. The van der Waals surface area contributed by atoms with Crippen LogP contribution in [0.3, 0.4) is 0 Å². The van der Waals surface area contributed by atoms with E-state index in [9.17, 15) is 26.2 Å². The normalized spacial score (nSPS) is 13.8. The highest BCUT2D eigenvalue weighted by Gasteiger charge is 2.35. The van der Waals surface area contributed by atoms with Crippen molar-refractivity contribution in [3.8, 4) is 5.75 Å². The lowest BCUT2D eigenvalue weighted by molar-refractivity contribution is -0.137. The zero-order valence-electron chi connectivity index (χ0n) is 18.8. The van der Waals surface area contributed by atoms with E-state index in [1.54, 1.807) is 26.0 Å². The molecule has 0 fully saturated rings. The topological polar surface area (TPSA) is 72.5 Å². The molecule has 1 unspecified atom stereocenters. The van der Waals surface area contributed by atoms with Crippen molar-refractivity contribution in [3.05, 3.63) is 81.3 Å². The van der Waals surface area contributed by atoms with Crippen molar-refractivity contribution in [2.45, 2.75) is 31.8 Å². The van der Waals surface area contributed by atoms with Crippen LogP contribution in [-0.4, -0.2) is 14.6 Å². The molecule has 35 heavy (non-hydrogen) atoms. The Hall–Kier alpha value is -2.19. The molecule has 5 nitrogen and oxygen atoms in total. The molecule has 0 spiro atoms. The lowest BCUT2D eigenvalue weighted by atomic mass is 10.2. The molecular weight excluding hydrogens is 545 g/mol. The van der Waals surface area contributed by atoms with E-state index in [4.69, 9.17) is 27.7 Å². The molecule has 1 N–H and O–H groups in total. The van der Waals surface area contributed by atoms with E-state index in [1.807, 2.05) is 13.0 Å². The van der Waals surface area contributed by atoms with E-state index in [-0.39, 0.29) is 22.6 Å². The Morgan fingerprint density at radius 3 is 2.31 bits per heavy atom. The van der Waals surface area contributed by atoms with Crippen molar-refractivity contribution < 1.29 is 30.7 Å². The third kappa shape index (κ3) is 6.15. The molecule has 0 aliphatic rings. The number of aryl methyl sites for hydroxylation is 2. The average molecular weight is 566 g/mol. The maximum Gasteiger partial charge on any atom is 0.417 e. The molecule has 0 aliphatic heterocycles. The van der Waals surface area contributed by atoms with Crippen LogP contribution in [0.15, 0.2) is 59.5 Å². The minimum atomic E-state index is -4.85. The fourth-order valence-electron chi connectivity index (χ4n) is 3.28. The van der Waals surface area contributed by atoms with Gasteiger partial charge < -0.3 is 4.52 Å². The molecule has 0 heterocycles. The van der Waals surface area contributed by atoms with Crippen molar-refractivity contribution in [2.24, 2.45) is 0 Å². The predicted molar refractivity (Wildman–Crippen MR) is 133 cm³/mol. The molecule has 1 atom stereocenters. The van der Waals surface area contributed by atoms with E-state index in [2.05, 4.69) is 4.72 Å². The minimum absolute atomic E-state index is 0.0888. The second-order valence-electron chi connectivity index (χ2n) is 7.76. The third-order valence-corrected chi connectivity index (χ3v) is 9.60. The summed E-state index contributed by atoms with van der Waals surface area (Å²) in [6, 6.07) is 11.6. The van der Waals surface area contributed by atoms with Crippen LogP contribution >= 0.6 is 30.6 Å². The summed E-state index contributed by atoms with van der Waals surface area (Å²) in [5, 5.41) is -0.0304. The monoisotopic (exact) mass is 565 g/mol. The van der Waals surface area contributed by atoms with E-state index >= 15 is 0 Å². The fraction of sp³-hybridized carbons (Fsp3) is 0.217. The number of hydrogen-bond acceptors (Lipinski definition) is 4. The van der Waals surface area contributed by atoms with Gasteiger partial charge in [0.25, 0.3) is 17.4 Å². The van der Waals surface area contributed by atoms with Crippen LogP contribution in [0.25, 0.3) is 0 Å². The number of halogens is 5. The summed E-state index contributed by atoms with van der Waals surface area (Å²) >= 11 is 11.6. The zero-order chi connectivity index (χ0) is 26.2. The molecule has 0 saturated heterocycles. The van der Waals surface area contributed by atoms with Crippen LogP contribution in [0, 0.1) is 13.8 Å². The first-order chi connectivity index (χ1) is 16.2. The Bertz CT molecular complexity index is 1430. The van der Waals surface area contributed by atoms with Crippen LogP contribution in [0.4, 0.5) is 18.9 Å². The number of nitrogens with one attached hydrogen (secondary N) is 1. The number of benzene rings is 3. The second-order valence-corrected chi connectivity index (χ2v) is 12.9. The van der Waals surface area contributed by atoms with Gasteiger partial charge in [-0.3, -0.25) is 9.29 Å². The fourth-order valence-corrected chi connectivity index (χ4v) is 6.82. The zero-order valence-corrected chi connectivity index (χ0v) is 22.0. The van der Waals surface area contributed by atoms with Gasteiger partial charge >= 0.3 is 6.18 Å². The van der Waals surface area contributed by atoms with Crippen LogP contribution in [0.1, 0.15) is 23.6 Å². The molecule has 12 heteroatoms. The van der Waals surface area contributed by atoms with Crippen LogP contribution in [0.2, 0.25) is 10.0 Å². The number of hydrogen-bond donors (Lipinski definition) is 1. The summed E-state index contributed by atoms with van der Waals surface area (Å²) in [7, 11) is -8.03. The Labute approximate surface area is 211 Å². The smallest absolute Gasteiger partial charge is 0.417 e. The molecule has 3 rings (SSSR count). The highest BCUT2D eigenvalue weighted by molar-refractivity contribution is 7.92. The van der Waals surface area contributed by atoms with Crippen LogP contribution in [-0.2, 0) is 20.8 Å². The Morgan fingerprint density at radius 2 is 1.69 bits per heavy atom. The summed E-state index contributed by atoms with van der Waals surface area (Å²) in [6.07, 6.45) is -4.75. The van der Waals surface area contributed by atoms with Gasteiger partial charge in [-0.25, -0.2) is 8.42 Å². The summed E-state index contributed by atoms with van der Waals surface area (Å²) in [5.74, 6) is -0.0888. The summed E-state index contributed by atoms with van der Waals surface area (Å²) < 4.78 is 87.6. The SMILES string of the molecule is CCP(=O)(Oc1ccc(Cl)cc1NS(=O)(=O)c1ccc(Cl)c(C(F)(F)F)c1)c1cc(C)ccc1C.